The lowest BCUT2D eigenvalue weighted by molar-refractivity contribution is 0.441. The lowest BCUT2D eigenvalue weighted by Gasteiger charge is -2.29. The molecule has 2 aliphatic carbocycles. The zero-order chi connectivity index (χ0) is 13.0. The Balaban J connectivity index is 1.87. The number of nitrogens with zero attached hydrogens (tertiary/aromatic N) is 1. The van der Waals surface area contributed by atoms with Crippen LogP contribution in [0.4, 0.5) is 0 Å². The van der Waals surface area contributed by atoms with Gasteiger partial charge in [-0.1, -0.05) is 38.9 Å². The maximum atomic E-state index is 5.09. The average molecular weight is 284 g/mol. The van der Waals surface area contributed by atoms with E-state index in [0.717, 1.165) is 5.25 Å². The summed E-state index contributed by atoms with van der Waals surface area (Å²) in [6.07, 6.45) is 12.4. The maximum Gasteiger partial charge on any atom is 0.108 e. The molecule has 0 bridgehead atoms. The van der Waals surface area contributed by atoms with E-state index in [2.05, 4.69) is 30.9 Å². The standard InChI is InChI=1S/C15H29NSSi/c1-18(2,3)17-15-11-7-10-14(12-15)16-13-8-5-4-6-9-13/h13,15H,4-12H2,1-3H3/b16-14+. The Hall–Kier alpha value is 0.237. The molecule has 1 atom stereocenters. The van der Waals surface area contributed by atoms with E-state index in [0.29, 0.717) is 6.04 Å². The molecule has 3 heteroatoms. The largest absolute Gasteiger partial charge is 0.291 e. The topological polar surface area (TPSA) is 12.4 Å². The molecule has 0 spiro atoms. The van der Waals surface area contributed by atoms with Gasteiger partial charge in [0.2, 0.25) is 0 Å². The van der Waals surface area contributed by atoms with Crippen LogP contribution in [0.2, 0.25) is 19.6 Å². The van der Waals surface area contributed by atoms with E-state index in [-0.39, 0.29) is 0 Å². The van der Waals surface area contributed by atoms with Crippen molar-refractivity contribution in [1.82, 2.24) is 0 Å². The SMILES string of the molecule is C[Si](C)(C)SC1CCC/C(=N\C2CCCCC2)C1. The fourth-order valence-electron chi connectivity index (χ4n) is 3.19. The third kappa shape index (κ3) is 5.08. The van der Waals surface area contributed by atoms with Crippen LogP contribution in [-0.2, 0) is 0 Å². The fourth-order valence-corrected chi connectivity index (χ4v) is 8.35. The summed E-state index contributed by atoms with van der Waals surface area (Å²) in [5.74, 6) is 0. The first-order valence-corrected chi connectivity index (χ1v) is 12.9. The van der Waals surface area contributed by atoms with Crippen molar-refractivity contribution >= 4 is 24.1 Å². The number of rotatable bonds is 3. The van der Waals surface area contributed by atoms with Gasteiger partial charge in [-0.2, -0.15) is 11.2 Å². The molecule has 1 nitrogen and oxygen atoms in total. The highest BCUT2D eigenvalue weighted by Gasteiger charge is 2.25. The minimum atomic E-state index is -0.965. The van der Waals surface area contributed by atoms with Crippen LogP contribution in [0, 0.1) is 0 Å². The van der Waals surface area contributed by atoms with Crippen LogP contribution >= 0.6 is 11.2 Å². The molecule has 0 saturated heterocycles. The molecule has 2 fully saturated rings. The Morgan fingerprint density at radius 2 is 1.72 bits per heavy atom. The summed E-state index contributed by atoms with van der Waals surface area (Å²) >= 11 is 2.30. The van der Waals surface area contributed by atoms with Gasteiger partial charge < -0.3 is 0 Å². The minimum absolute atomic E-state index is 0.685. The third-order valence-electron chi connectivity index (χ3n) is 3.91. The van der Waals surface area contributed by atoms with Gasteiger partial charge in [-0.3, -0.25) is 4.99 Å². The fraction of sp³-hybridized carbons (Fsp3) is 0.933. The van der Waals surface area contributed by atoms with Crippen LogP contribution in [-0.4, -0.2) is 24.2 Å². The summed E-state index contributed by atoms with van der Waals surface area (Å²) in [5, 5.41) is 0.882. The Morgan fingerprint density at radius 1 is 1.00 bits per heavy atom. The van der Waals surface area contributed by atoms with Crippen LogP contribution in [0.15, 0.2) is 4.99 Å². The van der Waals surface area contributed by atoms with Gasteiger partial charge in [0.05, 0.1) is 0 Å². The van der Waals surface area contributed by atoms with Crippen molar-refractivity contribution in [3.63, 3.8) is 0 Å². The zero-order valence-corrected chi connectivity index (χ0v) is 14.2. The lowest BCUT2D eigenvalue weighted by Crippen LogP contribution is -2.26. The van der Waals surface area contributed by atoms with Crippen molar-refractivity contribution < 1.29 is 0 Å². The Labute approximate surface area is 118 Å². The first kappa shape index (κ1) is 14.6. The molecular weight excluding hydrogens is 254 g/mol. The quantitative estimate of drug-likeness (QED) is 0.643. The summed E-state index contributed by atoms with van der Waals surface area (Å²) in [7, 11) is -0.965. The highest BCUT2D eigenvalue weighted by molar-refractivity contribution is 8.29. The summed E-state index contributed by atoms with van der Waals surface area (Å²) in [6.45, 7) is 7.43. The average Bonchev–Trinajstić information content (AvgIpc) is 2.28. The molecule has 2 rings (SSSR count). The molecule has 18 heavy (non-hydrogen) atoms. The molecule has 104 valence electrons. The van der Waals surface area contributed by atoms with Crippen molar-refractivity contribution in [3.05, 3.63) is 0 Å². The van der Waals surface area contributed by atoms with E-state index < -0.39 is 7.22 Å². The van der Waals surface area contributed by atoms with Gasteiger partial charge in [-0.25, -0.2) is 0 Å². The van der Waals surface area contributed by atoms with Crippen LogP contribution in [0.1, 0.15) is 57.8 Å². The molecular formula is C15H29NSSi. The van der Waals surface area contributed by atoms with E-state index in [4.69, 9.17) is 4.99 Å². The monoisotopic (exact) mass is 283 g/mol. The number of aliphatic imine (C=N–C) groups is 1. The Bertz CT molecular complexity index is 289. The highest BCUT2D eigenvalue weighted by Crippen LogP contribution is 2.34. The van der Waals surface area contributed by atoms with Crippen molar-refractivity contribution in [3.8, 4) is 0 Å². The molecule has 0 aliphatic heterocycles. The zero-order valence-electron chi connectivity index (χ0n) is 12.4. The van der Waals surface area contributed by atoms with Crippen molar-refractivity contribution in [1.29, 1.82) is 0 Å². The first-order valence-electron chi connectivity index (χ1n) is 7.76. The minimum Gasteiger partial charge on any atom is -0.291 e. The van der Waals surface area contributed by atoms with Crippen LogP contribution in [0.5, 0.6) is 0 Å². The van der Waals surface area contributed by atoms with E-state index in [1.165, 1.54) is 57.8 Å². The molecule has 0 aromatic heterocycles. The Morgan fingerprint density at radius 3 is 2.39 bits per heavy atom. The van der Waals surface area contributed by atoms with Gasteiger partial charge in [0.25, 0.3) is 0 Å². The summed E-state index contributed by atoms with van der Waals surface area (Å²) in [5.41, 5.74) is 1.56. The smallest absolute Gasteiger partial charge is 0.108 e. The number of hydrogen-bond acceptors (Lipinski definition) is 2. The summed E-state index contributed by atoms with van der Waals surface area (Å²) < 4.78 is 0. The molecule has 0 aromatic carbocycles. The molecule has 0 radical (unpaired) electrons. The van der Waals surface area contributed by atoms with Crippen molar-refractivity contribution in [2.75, 3.05) is 0 Å². The molecule has 2 saturated carbocycles. The maximum absolute atomic E-state index is 5.09. The predicted octanol–water partition coefficient (Wildman–Crippen LogP) is 5.27. The second-order valence-electron chi connectivity index (χ2n) is 6.94. The summed E-state index contributed by atoms with van der Waals surface area (Å²) in [6, 6.07) is 0.685. The van der Waals surface area contributed by atoms with Crippen LogP contribution in [0.3, 0.4) is 0 Å². The molecule has 0 heterocycles. The third-order valence-corrected chi connectivity index (χ3v) is 8.48. The van der Waals surface area contributed by atoms with Gasteiger partial charge in [-0.15, -0.1) is 0 Å². The van der Waals surface area contributed by atoms with E-state index in [9.17, 15) is 0 Å². The van der Waals surface area contributed by atoms with Crippen molar-refractivity contribution in [2.45, 2.75) is 88.7 Å². The lowest BCUT2D eigenvalue weighted by atomic mass is 9.94. The predicted molar refractivity (Wildman–Crippen MR) is 87.5 cm³/mol. The van der Waals surface area contributed by atoms with Crippen molar-refractivity contribution in [2.24, 2.45) is 4.99 Å². The van der Waals surface area contributed by atoms with Gasteiger partial charge in [0.15, 0.2) is 0 Å². The summed E-state index contributed by atoms with van der Waals surface area (Å²) in [4.78, 5) is 5.09. The first-order chi connectivity index (χ1) is 8.53. The molecule has 0 amide bonds. The van der Waals surface area contributed by atoms with E-state index in [1.807, 2.05) is 0 Å². The normalized spacial score (nSPS) is 29.7. The highest BCUT2D eigenvalue weighted by atomic mass is 32.4. The molecule has 2 aliphatic rings. The van der Waals surface area contributed by atoms with Crippen LogP contribution < -0.4 is 0 Å². The Kier molecular flexibility index (Phi) is 5.37. The second-order valence-corrected chi connectivity index (χ2v) is 16.4. The van der Waals surface area contributed by atoms with Crippen LogP contribution in [0.25, 0.3) is 0 Å². The molecule has 0 N–H and O–H groups in total. The van der Waals surface area contributed by atoms with Gasteiger partial charge in [0.1, 0.15) is 7.22 Å². The number of hydrogen-bond donors (Lipinski definition) is 0. The second kappa shape index (κ2) is 6.60. The van der Waals surface area contributed by atoms with E-state index in [1.54, 1.807) is 5.71 Å². The van der Waals surface area contributed by atoms with Gasteiger partial charge in [-0.05, 0) is 38.5 Å². The van der Waals surface area contributed by atoms with Gasteiger partial charge in [0, 0.05) is 17.0 Å². The van der Waals surface area contributed by atoms with Gasteiger partial charge >= 0.3 is 0 Å². The molecule has 0 aromatic rings. The molecule has 1 unspecified atom stereocenters. The van der Waals surface area contributed by atoms with E-state index >= 15 is 0 Å².